The summed E-state index contributed by atoms with van der Waals surface area (Å²) in [7, 11) is 0. The molecule has 9 heteroatoms. The van der Waals surface area contributed by atoms with Gasteiger partial charge in [0.05, 0.1) is 6.54 Å². The van der Waals surface area contributed by atoms with E-state index in [-0.39, 0.29) is 18.4 Å². The largest absolute Gasteiger partial charge is 0.360 e. The van der Waals surface area contributed by atoms with Crippen LogP contribution in [0.2, 0.25) is 0 Å². The van der Waals surface area contributed by atoms with Crippen LogP contribution < -0.4 is 5.32 Å². The molecule has 0 saturated carbocycles. The van der Waals surface area contributed by atoms with E-state index in [2.05, 4.69) is 46.6 Å². The van der Waals surface area contributed by atoms with Crippen molar-refractivity contribution in [3.63, 3.8) is 0 Å². The van der Waals surface area contributed by atoms with Crippen LogP contribution in [-0.4, -0.2) is 64.5 Å². The number of amides is 2. The number of hydrogen-bond donors (Lipinski definition) is 1. The standard InChI is InChI=1S/C22H25N5O3S/c1-3-16-4-6-17(7-5-16)21-23-18(14-31-21)22(29)27-10-8-26(9-11-27)13-20(28)24-19-12-15(2)30-25-19/h4-7,12,14H,3,8-11,13H2,1-2H3,(H,24,25,28). The zero-order chi connectivity index (χ0) is 21.8. The van der Waals surface area contributed by atoms with Crippen LogP contribution in [0.25, 0.3) is 10.6 Å². The molecule has 1 aliphatic heterocycles. The summed E-state index contributed by atoms with van der Waals surface area (Å²) in [5.41, 5.74) is 2.78. The van der Waals surface area contributed by atoms with E-state index in [1.54, 1.807) is 17.9 Å². The summed E-state index contributed by atoms with van der Waals surface area (Å²) < 4.78 is 4.95. The Bertz CT molecular complexity index is 1050. The quantitative estimate of drug-likeness (QED) is 0.635. The molecular weight excluding hydrogens is 414 g/mol. The molecule has 4 rings (SSSR count). The number of aromatic nitrogens is 2. The molecule has 3 heterocycles. The number of hydrogen-bond acceptors (Lipinski definition) is 7. The Morgan fingerprint density at radius 3 is 2.55 bits per heavy atom. The SMILES string of the molecule is CCc1ccc(-c2nc(C(=O)N3CCN(CC(=O)Nc4cc(C)on4)CC3)cs2)cc1. The van der Waals surface area contributed by atoms with Crippen LogP contribution >= 0.6 is 11.3 Å². The summed E-state index contributed by atoms with van der Waals surface area (Å²) in [4.78, 5) is 33.4. The lowest BCUT2D eigenvalue weighted by Crippen LogP contribution is -2.50. The molecule has 0 radical (unpaired) electrons. The van der Waals surface area contributed by atoms with Crippen molar-refractivity contribution in [2.45, 2.75) is 20.3 Å². The van der Waals surface area contributed by atoms with Crippen LogP contribution in [0.3, 0.4) is 0 Å². The zero-order valence-electron chi connectivity index (χ0n) is 17.6. The number of carbonyl (C=O) groups is 2. The monoisotopic (exact) mass is 439 g/mol. The van der Waals surface area contributed by atoms with Gasteiger partial charge in [0.25, 0.3) is 5.91 Å². The van der Waals surface area contributed by atoms with Crippen molar-refractivity contribution < 1.29 is 14.1 Å². The van der Waals surface area contributed by atoms with Crippen LogP contribution in [0, 0.1) is 6.92 Å². The van der Waals surface area contributed by atoms with Crippen molar-refractivity contribution in [3.8, 4) is 10.6 Å². The number of anilines is 1. The van der Waals surface area contributed by atoms with Gasteiger partial charge in [0.1, 0.15) is 16.5 Å². The van der Waals surface area contributed by atoms with Gasteiger partial charge in [-0.05, 0) is 18.9 Å². The van der Waals surface area contributed by atoms with Crippen molar-refractivity contribution >= 4 is 29.0 Å². The van der Waals surface area contributed by atoms with Crippen LogP contribution in [0.5, 0.6) is 0 Å². The van der Waals surface area contributed by atoms with Crippen LogP contribution in [0.4, 0.5) is 5.82 Å². The summed E-state index contributed by atoms with van der Waals surface area (Å²) in [6, 6.07) is 9.97. The summed E-state index contributed by atoms with van der Waals surface area (Å²) in [5, 5.41) is 9.16. The first-order valence-electron chi connectivity index (χ1n) is 10.3. The topological polar surface area (TPSA) is 91.6 Å². The number of aryl methyl sites for hydroxylation is 2. The molecule has 0 unspecified atom stereocenters. The molecule has 3 aromatic rings. The van der Waals surface area contributed by atoms with Gasteiger partial charge in [0.15, 0.2) is 5.82 Å². The fourth-order valence-corrected chi connectivity index (χ4v) is 4.27. The molecule has 8 nitrogen and oxygen atoms in total. The van der Waals surface area contributed by atoms with Crippen molar-refractivity contribution in [1.82, 2.24) is 19.9 Å². The molecule has 1 aliphatic rings. The Morgan fingerprint density at radius 2 is 1.90 bits per heavy atom. The molecule has 0 bridgehead atoms. The van der Waals surface area contributed by atoms with Crippen LogP contribution in [0.1, 0.15) is 28.7 Å². The Hall–Kier alpha value is -3.04. The third-order valence-corrected chi connectivity index (χ3v) is 6.15. The van der Waals surface area contributed by atoms with Gasteiger partial charge in [0.2, 0.25) is 5.91 Å². The van der Waals surface area contributed by atoms with E-state index in [0.717, 1.165) is 17.0 Å². The zero-order valence-corrected chi connectivity index (χ0v) is 18.4. The van der Waals surface area contributed by atoms with Gasteiger partial charge in [-0.15, -0.1) is 11.3 Å². The van der Waals surface area contributed by atoms with E-state index >= 15 is 0 Å². The lowest BCUT2D eigenvalue weighted by Gasteiger charge is -2.33. The fraction of sp³-hybridized carbons (Fsp3) is 0.364. The van der Waals surface area contributed by atoms with Crippen LogP contribution in [0.15, 0.2) is 40.2 Å². The third kappa shape index (κ3) is 5.18. The van der Waals surface area contributed by atoms with Crippen molar-refractivity contribution in [1.29, 1.82) is 0 Å². The van der Waals surface area contributed by atoms with E-state index in [1.807, 2.05) is 10.3 Å². The number of thiazole rings is 1. The van der Waals surface area contributed by atoms with Crippen molar-refractivity contribution in [2.24, 2.45) is 0 Å². The number of nitrogens with one attached hydrogen (secondary N) is 1. The molecule has 31 heavy (non-hydrogen) atoms. The molecule has 1 aromatic carbocycles. The first-order valence-corrected chi connectivity index (χ1v) is 11.2. The number of piperazine rings is 1. The predicted molar refractivity (Wildman–Crippen MR) is 119 cm³/mol. The highest BCUT2D eigenvalue weighted by Gasteiger charge is 2.25. The summed E-state index contributed by atoms with van der Waals surface area (Å²) >= 11 is 1.48. The highest BCUT2D eigenvalue weighted by molar-refractivity contribution is 7.13. The molecule has 0 spiro atoms. The predicted octanol–water partition coefficient (Wildman–Crippen LogP) is 3.07. The lowest BCUT2D eigenvalue weighted by molar-refractivity contribution is -0.117. The second kappa shape index (κ2) is 9.40. The molecule has 2 amide bonds. The lowest BCUT2D eigenvalue weighted by atomic mass is 10.1. The van der Waals surface area contributed by atoms with Gasteiger partial charge < -0.3 is 14.7 Å². The average Bonchev–Trinajstić information content (AvgIpc) is 3.43. The fourth-order valence-electron chi connectivity index (χ4n) is 3.47. The van der Waals surface area contributed by atoms with Gasteiger partial charge in [0, 0.05) is 43.2 Å². The first-order chi connectivity index (χ1) is 15.0. The molecule has 0 atom stereocenters. The van der Waals surface area contributed by atoms with Gasteiger partial charge >= 0.3 is 0 Å². The van der Waals surface area contributed by atoms with Gasteiger partial charge in [-0.25, -0.2) is 4.98 Å². The van der Waals surface area contributed by atoms with E-state index in [1.165, 1.54) is 16.9 Å². The number of benzene rings is 1. The van der Waals surface area contributed by atoms with Crippen molar-refractivity contribution in [2.75, 3.05) is 38.0 Å². The summed E-state index contributed by atoms with van der Waals surface area (Å²) in [5.74, 6) is 0.853. The Labute approximate surface area is 184 Å². The minimum atomic E-state index is -0.147. The smallest absolute Gasteiger partial charge is 0.273 e. The van der Waals surface area contributed by atoms with E-state index in [9.17, 15) is 9.59 Å². The third-order valence-electron chi connectivity index (χ3n) is 5.25. The number of nitrogens with zero attached hydrogens (tertiary/aromatic N) is 4. The molecule has 2 aromatic heterocycles. The Morgan fingerprint density at radius 1 is 1.16 bits per heavy atom. The maximum absolute atomic E-state index is 12.9. The van der Waals surface area contributed by atoms with Gasteiger partial charge in [-0.1, -0.05) is 36.3 Å². The Balaban J connectivity index is 1.29. The molecule has 0 aliphatic carbocycles. The maximum atomic E-state index is 12.9. The maximum Gasteiger partial charge on any atom is 0.273 e. The average molecular weight is 440 g/mol. The minimum Gasteiger partial charge on any atom is -0.360 e. The van der Waals surface area contributed by atoms with E-state index in [4.69, 9.17) is 4.52 Å². The van der Waals surface area contributed by atoms with E-state index < -0.39 is 0 Å². The van der Waals surface area contributed by atoms with Gasteiger partial charge in [-0.3, -0.25) is 14.5 Å². The molecule has 1 saturated heterocycles. The normalized spacial score (nSPS) is 14.6. The highest BCUT2D eigenvalue weighted by Crippen LogP contribution is 2.25. The van der Waals surface area contributed by atoms with Crippen molar-refractivity contribution in [3.05, 3.63) is 52.7 Å². The summed E-state index contributed by atoms with van der Waals surface area (Å²) in [6.45, 7) is 6.53. The molecule has 162 valence electrons. The Kier molecular flexibility index (Phi) is 6.43. The molecular formula is C22H25N5O3S. The van der Waals surface area contributed by atoms with E-state index in [0.29, 0.717) is 43.5 Å². The second-order valence-corrected chi connectivity index (χ2v) is 8.39. The number of carbonyl (C=O) groups excluding carboxylic acids is 2. The minimum absolute atomic E-state index is 0.0603. The first kappa shape index (κ1) is 21.2. The van der Waals surface area contributed by atoms with Gasteiger partial charge in [-0.2, -0.15) is 0 Å². The second-order valence-electron chi connectivity index (χ2n) is 7.53. The van der Waals surface area contributed by atoms with Crippen LogP contribution in [-0.2, 0) is 11.2 Å². The number of rotatable bonds is 6. The summed E-state index contributed by atoms with van der Waals surface area (Å²) in [6.07, 6.45) is 0.995. The molecule has 1 N–H and O–H groups in total. The highest BCUT2D eigenvalue weighted by atomic mass is 32.1. The molecule has 1 fully saturated rings.